The van der Waals surface area contributed by atoms with Gasteiger partial charge in [-0.3, -0.25) is 4.79 Å². The topological polar surface area (TPSA) is 85.5 Å². The van der Waals surface area contributed by atoms with E-state index in [0.717, 1.165) is 24.0 Å². The van der Waals surface area contributed by atoms with Crippen molar-refractivity contribution in [3.05, 3.63) is 47.2 Å². The summed E-state index contributed by atoms with van der Waals surface area (Å²) in [7, 11) is 0. The lowest BCUT2D eigenvalue weighted by molar-refractivity contribution is -0.135. The quantitative estimate of drug-likeness (QED) is 0.610. The van der Waals surface area contributed by atoms with Crippen LogP contribution < -0.4 is 0 Å². The minimum Gasteiger partial charge on any atom is -0.452 e. The predicted octanol–water partition coefficient (Wildman–Crippen LogP) is 3.92. The molecule has 0 saturated carbocycles. The van der Waals surface area contributed by atoms with Crippen molar-refractivity contribution in [2.75, 3.05) is 19.7 Å². The van der Waals surface area contributed by atoms with Crippen molar-refractivity contribution < 1.29 is 18.8 Å². The first kappa shape index (κ1) is 20.1. The van der Waals surface area contributed by atoms with Crippen LogP contribution in [0, 0.1) is 19.8 Å². The number of carbonyl (C=O) groups is 2. The fourth-order valence-electron chi connectivity index (χ4n) is 3.68. The largest absolute Gasteiger partial charge is 0.452 e. The summed E-state index contributed by atoms with van der Waals surface area (Å²) in [5.74, 6) is -0.124. The van der Waals surface area contributed by atoms with Crippen molar-refractivity contribution in [2.24, 2.45) is 5.92 Å². The molecule has 1 saturated heterocycles. The summed E-state index contributed by atoms with van der Waals surface area (Å²) in [6.45, 7) is 7.07. The summed E-state index contributed by atoms with van der Waals surface area (Å²) in [5, 5.41) is 4.45. The molecule has 0 aliphatic carbocycles. The van der Waals surface area contributed by atoms with Crippen LogP contribution in [-0.4, -0.2) is 46.6 Å². The number of aromatic nitrogens is 2. The van der Waals surface area contributed by atoms with Crippen LogP contribution in [0.2, 0.25) is 0 Å². The number of amides is 1. The van der Waals surface area contributed by atoms with Gasteiger partial charge in [-0.25, -0.2) is 9.78 Å². The maximum absolute atomic E-state index is 12.9. The minimum absolute atomic E-state index is 0.165. The summed E-state index contributed by atoms with van der Waals surface area (Å²) in [5.41, 5.74) is 3.69. The van der Waals surface area contributed by atoms with Gasteiger partial charge in [-0.15, -0.1) is 0 Å². The van der Waals surface area contributed by atoms with E-state index in [9.17, 15) is 9.59 Å². The van der Waals surface area contributed by atoms with E-state index < -0.39 is 5.97 Å². The Kier molecular flexibility index (Phi) is 5.53. The summed E-state index contributed by atoms with van der Waals surface area (Å²) in [4.78, 5) is 31.6. The van der Waals surface area contributed by atoms with Crippen LogP contribution in [0.4, 0.5) is 0 Å². The summed E-state index contributed by atoms with van der Waals surface area (Å²) in [6.07, 6.45) is 1.95. The zero-order valence-corrected chi connectivity index (χ0v) is 17.5. The van der Waals surface area contributed by atoms with Crippen LogP contribution >= 0.6 is 0 Å². The molecule has 7 heteroatoms. The van der Waals surface area contributed by atoms with E-state index in [1.54, 1.807) is 17.9 Å². The number of hydrogen-bond acceptors (Lipinski definition) is 6. The average Bonchev–Trinajstić information content (AvgIpc) is 3.13. The van der Waals surface area contributed by atoms with Gasteiger partial charge in [0.25, 0.3) is 11.6 Å². The second-order valence-corrected chi connectivity index (χ2v) is 8.01. The molecule has 7 nitrogen and oxygen atoms in total. The first-order valence-corrected chi connectivity index (χ1v) is 10.2. The highest BCUT2D eigenvalue weighted by atomic mass is 16.5. The molecule has 3 aromatic rings. The van der Waals surface area contributed by atoms with Crippen molar-refractivity contribution in [1.82, 2.24) is 15.0 Å². The lowest BCUT2D eigenvalue weighted by Gasteiger charge is -2.30. The molecule has 1 aromatic carbocycles. The number of likely N-dealkylation sites (tertiary alicyclic amines) is 1. The smallest absolute Gasteiger partial charge is 0.339 e. The number of carbonyl (C=O) groups excluding carboxylic acids is 2. The number of ether oxygens (including phenoxy) is 1. The highest BCUT2D eigenvalue weighted by Gasteiger charge is 2.24. The molecule has 30 heavy (non-hydrogen) atoms. The number of benzene rings is 1. The van der Waals surface area contributed by atoms with Gasteiger partial charge in [-0.05, 0) is 38.7 Å². The highest BCUT2D eigenvalue weighted by molar-refractivity contribution is 6.04. The van der Waals surface area contributed by atoms with E-state index >= 15 is 0 Å². The Morgan fingerprint density at radius 1 is 1.17 bits per heavy atom. The molecule has 1 amide bonds. The van der Waals surface area contributed by atoms with Gasteiger partial charge < -0.3 is 14.2 Å². The predicted molar refractivity (Wildman–Crippen MR) is 112 cm³/mol. The fourth-order valence-corrected chi connectivity index (χ4v) is 3.68. The third-order valence-electron chi connectivity index (χ3n) is 5.65. The maximum Gasteiger partial charge on any atom is 0.339 e. The second-order valence-electron chi connectivity index (χ2n) is 8.01. The Balaban J connectivity index is 1.57. The van der Waals surface area contributed by atoms with Crippen LogP contribution in [0.25, 0.3) is 22.4 Å². The van der Waals surface area contributed by atoms with Gasteiger partial charge in [0.15, 0.2) is 6.61 Å². The molecule has 4 rings (SSSR count). The molecule has 0 radical (unpaired) electrons. The SMILES string of the molecule is Cc1ccc(-c2cc(C(=O)OCC(=O)N3CCC(C)CC3)c3c(C)noc3n2)cc1. The standard InChI is InChI=1S/C23H25N3O4/c1-14-4-6-17(7-5-14)19-12-18(21-16(3)25-30-22(21)24-19)23(28)29-13-20(27)26-10-8-15(2)9-11-26/h4-7,12,15H,8-11,13H2,1-3H3. The molecular weight excluding hydrogens is 382 g/mol. The number of hydrogen-bond donors (Lipinski definition) is 0. The third-order valence-corrected chi connectivity index (χ3v) is 5.65. The van der Waals surface area contributed by atoms with Gasteiger partial charge in [-0.2, -0.15) is 0 Å². The van der Waals surface area contributed by atoms with Gasteiger partial charge in [0.2, 0.25) is 0 Å². The zero-order valence-electron chi connectivity index (χ0n) is 17.5. The van der Waals surface area contributed by atoms with Crippen molar-refractivity contribution >= 4 is 23.0 Å². The lowest BCUT2D eigenvalue weighted by Crippen LogP contribution is -2.40. The first-order valence-electron chi connectivity index (χ1n) is 10.2. The Morgan fingerprint density at radius 2 is 1.87 bits per heavy atom. The number of pyridine rings is 1. The molecule has 1 aliphatic rings. The molecule has 0 spiro atoms. The normalized spacial score (nSPS) is 14.8. The summed E-state index contributed by atoms with van der Waals surface area (Å²) >= 11 is 0. The van der Waals surface area contributed by atoms with Crippen LogP contribution in [0.1, 0.15) is 41.4 Å². The average molecular weight is 407 g/mol. The van der Waals surface area contributed by atoms with Gasteiger partial charge >= 0.3 is 5.97 Å². The summed E-state index contributed by atoms with van der Waals surface area (Å²) < 4.78 is 10.7. The van der Waals surface area contributed by atoms with E-state index in [1.165, 1.54) is 0 Å². The number of rotatable bonds is 4. The van der Waals surface area contributed by atoms with Gasteiger partial charge in [0.05, 0.1) is 22.3 Å². The minimum atomic E-state index is -0.583. The third kappa shape index (κ3) is 4.06. The molecule has 0 unspecified atom stereocenters. The van der Waals surface area contributed by atoms with Crippen molar-refractivity contribution in [2.45, 2.75) is 33.6 Å². The Bertz CT molecular complexity index is 1080. The van der Waals surface area contributed by atoms with Crippen molar-refractivity contribution in [1.29, 1.82) is 0 Å². The zero-order chi connectivity index (χ0) is 21.3. The maximum atomic E-state index is 12.9. The molecular formula is C23H25N3O4. The van der Waals surface area contributed by atoms with E-state index in [4.69, 9.17) is 9.26 Å². The number of esters is 1. The highest BCUT2D eigenvalue weighted by Crippen LogP contribution is 2.28. The molecule has 3 heterocycles. The monoisotopic (exact) mass is 407 g/mol. The number of fused-ring (bicyclic) bond motifs is 1. The first-order chi connectivity index (χ1) is 14.4. The molecule has 2 aromatic heterocycles. The molecule has 156 valence electrons. The fraction of sp³-hybridized carbons (Fsp3) is 0.391. The Hall–Kier alpha value is -3.22. The molecule has 0 N–H and O–H groups in total. The number of piperidine rings is 1. The molecule has 0 bridgehead atoms. The Morgan fingerprint density at radius 3 is 2.57 bits per heavy atom. The second kappa shape index (κ2) is 8.26. The van der Waals surface area contributed by atoms with E-state index in [1.807, 2.05) is 31.2 Å². The van der Waals surface area contributed by atoms with Crippen LogP contribution in [0.15, 0.2) is 34.9 Å². The summed E-state index contributed by atoms with van der Waals surface area (Å²) in [6, 6.07) is 9.49. The van der Waals surface area contributed by atoms with E-state index in [0.29, 0.717) is 41.3 Å². The Labute approximate surface area is 175 Å². The van der Waals surface area contributed by atoms with Crippen LogP contribution in [0.3, 0.4) is 0 Å². The van der Waals surface area contributed by atoms with Crippen molar-refractivity contribution in [3.8, 4) is 11.3 Å². The van der Waals surface area contributed by atoms with Gasteiger partial charge in [0, 0.05) is 18.7 Å². The van der Waals surface area contributed by atoms with E-state index in [2.05, 4.69) is 17.1 Å². The molecule has 0 atom stereocenters. The molecule has 1 aliphatic heterocycles. The van der Waals surface area contributed by atoms with Crippen molar-refractivity contribution in [3.63, 3.8) is 0 Å². The number of aryl methyl sites for hydroxylation is 2. The van der Waals surface area contributed by atoms with Gasteiger partial charge in [0.1, 0.15) is 0 Å². The number of nitrogens with zero attached hydrogens (tertiary/aromatic N) is 3. The van der Waals surface area contributed by atoms with Gasteiger partial charge in [-0.1, -0.05) is 41.9 Å². The lowest BCUT2D eigenvalue weighted by atomic mass is 9.99. The van der Waals surface area contributed by atoms with E-state index in [-0.39, 0.29) is 18.2 Å². The van der Waals surface area contributed by atoms with Crippen LogP contribution in [-0.2, 0) is 9.53 Å². The van der Waals surface area contributed by atoms with Crippen LogP contribution in [0.5, 0.6) is 0 Å². The molecule has 1 fully saturated rings.